The highest BCUT2D eigenvalue weighted by Crippen LogP contribution is 2.14. The van der Waals surface area contributed by atoms with Crippen molar-refractivity contribution in [2.24, 2.45) is 0 Å². The van der Waals surface area contributed by atoms with Gasteiger partial charge in [-0.1, -0.05) is 30.3 Å². The Balaban J connectivity index is 2.02. The zero-order valence-corrected chi connectivity index (χ0v) is 11.9. The second kappa shape index (κ2) is 6.50. The molecule has 0 aliphatic heterocycles. The lowest BCUT2D eigenvalue weighted by Crippen LogP contribution is -2.31. The SMILES string of the molecule is Cc1ncc(CNC(CN(C)C)c2ccccc2)[nH]1. The molecule has 4 nitrogen and oxygen atoms in total. The molecule has 0 aliphatic rings. The van der Waals surface area contributed by atoms with E-state index in [1.807, 2.05) is 13.1 Å². The van der Waals surface area contributed by atoms with Crippen LogP contribution in [0.15, 0.2) is 36.5 Å². The third-order valence-corrected chi connectivity index (χ3v) is 3.04. The summed E-state index contributed by atoms with van der Waals surface area (Å²) < 4.78 is 0. The van der Waals surface area contributed by atoms with Crippen LogP contribution in [0.4, 0.5) is 0 Å². The molecule has 2 aromatic rings. The minimum Gasteiger partial charge on any atom is -0.345 e. The molecule has 1 unspecified atom stereocenters. The predicted octanol–water partition coefficient (Wildman–Crippen LogP) is 2.11. The van der Waals surface area contributed by atoms with Crippen molar-refractivity contribution in [3.63, 3.8) is 0 Å². The summed E-state index contributed by atoms with van der Waals surface area (Å²) in [4.78, 5) is 9.67. The lowest BCUT2D eigenvalue weighted by Gasteiger charge is -2.22. The third-order valence-electron chi connectivity index (χ3n) is 3.04. The number of benzene rings is 1. The molecule has 0 spiro atoms. The maximum absolute atomic E-state index is 4.22. The summed E-state index contributed by atoms with van der Waals surface area (Å²) in [5.41, 5.74) is 2.43. The number of aryl methyl sites for hydroxylation is 1. The molecular formula is C15H22N4. The summed E-state index contributed by atoms with van der Waals surface area (Å²) in [6, 6.07) is 10.9. The first kappa shape index (κ1) is 13.8. The first-order valence-corrected chi connectivity index (χ1v) is 6.58. The molecule has 2 rings (SSSR count). The van der Waals surface area contributed by atoms with Crippen molar-refractivity contribution in [1.29, 1.82) is 0 Å². The van der Waals surface area contributed by atoms with E-state index in [9.17, 15) is 0 Å². The number of nitrogens with one attached hydrogen (secondary N) is 2. The van der Waals surface area contributed by atoms with Gasteiger partial charge in [0.2, 0.25) is 0 Å². The van der Waals surface area contributed by atoms with Crippen molar-refractivity contribution in [2.45, 2.75) is 19.5 Å². The van der Waals surface area contributed by atoms with E-state index in [1.165, 1.54) is 5.56 Å². The van der Waals surface area contributed by atoms with E-state index < -0.39 is 0 Å². The van der Waals surface area contributed by atoms with Gasteiger partial charge in [-0.15, -0.1) is 0 Å². The molecule has 0 amide bonds. The zero-order chi connectivity index (χ0) is 13.7. The van der Waals surface area contributed by atoms with Crippen LogP contribution in [0, 0.1) is 6.92 Å². The van der Waals surface area contributed by atoms with Gasteiger partial charge in [-0.05, 0) is 26.6 Å². The molecule has 1 aromatic heterocycles. The second-order valence-corrected chi connectivity index (χ2v) is 5.10. The number of hydrogen-bond donors (Lipinski definition) is 2. The summed E-state index contributed by atoms with van der Waals surface area (Å²) in [5, 5.41) is 3.58. The van der Waals surface area contributed by atoms with Gasteiger partial charge < -0.3 is 15.2 Å². The maximum Gasteiger partial charge on any atom is 0.103 e. The average Bonchev–Trinajstić information content (AvgIpc) is 2.81. The van der Waals surface area contributed by atoms with Crippen molar-refractivity contribution >= 4 is 0 Å². The average molecular weight is 258 g/mol. The Bertz CT molecular complexity index is 490. The topological polar surface area (TPSA) is 44.0 Å². The van der Waals surface area contributed by atoms with Gasteiger partial charge in [0.1, 0.15) is 5.82 Å². The van der Waals surface area contributed by atoms with Crippen LogP contribution in [0.1, 0.15) is 23.1 Å². The summed E-state index contributed by atoms with van der Waals surface area (Å²) in [6.45, 7) is 3.74. The van der Waals surface area contributed by atoms with Crippen LogP contribution in [0.3, 0.4) is 0 Å². The fourth-order valence-electron chi connectivity index (χ4n) is 2.13. The Hall–Kier alpha value is -1.65. The number of imidazole rings is 1. The fraction of sp³-hybridized carbons (Fsp3) is 0.400. The van der Waals surface area contributed by atoms with Crippen LogP contribution < -0.4 is 5.32 Å². The molecule has 0 saturated carbocycles. The first-order valence-electron chi connectivity index (χ1n) is 6.58. The molecule has 1 aromatic carbocycles. The van der Waals surface area contributed by atoms with Gasteiger partial charge in [0, 0.05) is 31.0 Å². The molecule has 1 heterocycles. The van der Waals surface area contributed by atoms with Crippen molar-refractivity contribution < 1.29 is 0 Å². The van der Waals surface area contributed by atoms with E-state index in [4.69, 9.17) is 0 Å². The minimum absolute atomic E-state index is 0.319. The van der Waals surface area contributed by atoms with E-state index in [0.717, 1.165) is 24.6 Å². The Labute approximate surface area is 114 Å². The van der Waals surface area contributed by atoms with Crippen molar-refractivity contribution in [1.82, 2.24) is 20.2 Å². The summed E-state index contributed by atoms with van der Waals surface area (Å²) >= 11 is 0. The maximum atomic E-state index is 4.22. The highest BCUT2D eigenvalue weighted by molar-refractivity contribution is 5.19. The molecule has 0 fully saturated rings. The standard InChI is InChI=1S/C15H22N4/c1-12-16-9-14(18-12)10-17-15(11-19(2)3)13-7-5-4-6-8-13/h4-9,15,17H,10-11H2,1-3H3,(H,16,18). The number of rotatable bonds is 6. The fourth-order valence-corrected chi connectivity index (χ4v) is 2.13. The molecule has 19 heavy (non-hydrogen) atoms. The molecule has 4 heteroatoms. The van der Waals surface area contributed by atoms with Crippen LogP contribution >= 0.6 is 0 Å². The van der Waals surface area contributed by atoms with Gasteiger partial charge in [-0.2, -0.15) is 0 Å². The number of aromatic nitrogens is 2. The van der Waals surface area contributed by atoms with Crippen molar-refractivity contribution in [3.05, 3.63) is 53.6 Å². The molecule has 102 valence electrons. The lowest BCUT2D eigenvalue weighted by atomic mass is 10.1. The molecule has 0 radical (unpaired) electrons. The van der Waals surface area contributed by atoms with Crippen molar-refractivity contribution in [2.75, 3.05) is 20.6 Å². The van der Waals surface area contributed by atoms with Crippen LogP contribution in [-0.4, -0.2) is 35.5 Å². The first-order chi connectivity index (χ1) is 9.15. The molecular weight excluding hydrogens is 236 g/mol. The highest BCUT2D eigenvalue weighted by Gasteiger charge is 2.12. The Morgan fingerprint density at radius 1 is 1.26 bits per heavy atom. The lowest BCUT2D eigenvalue weighted by molar-refractivity contribution is 0.340. The van der Waals surface area contributed by atoms with E-state index in [-0.39, 0.29) is 0 Å². The van der Waals surface area contributed by atoms with Crippen LogP contribution in [-0.2, 0) is 6.54 Å². The predicted molar refractivity (Wildman–Crippen MR) is 77.9 cm³/mol. The van der Waals surface area contributed by atoms with Gasteiger partial charge in [0.05, 0.1) is 0 Å². The highest BCUT2D eigenvalue weighted by atomic mass is 15.1. The third kappa shape index (κ3) is 4.19. The zero-order valence-electron chi connectivity index (χ0n) is 11.9. The van der Waals surface area contributed by atoms with Gasteiger partial charge in [0.25, 0.3) is 0 Å². The van der Waals surface area contributed by atoms with Crippen LogP contribution in [0.5, 0.6) is 0 Å². The second-order valence-electron chi connectivity index (χ2n) is 5.10. The normalized spacial score (nSPS) is 12.8. The van der Waals surface area contributed by atoms with Gasteiger partial charge in [-0.25, -0.2) is 4.98 Å². The van der Waals surface area contributed by atoms with E-state index >= 15 is 0 Å². The van der Waals surface area contributed by atoms with E-state index in [2.05, 4.69) is 64.6 Å². The summed E-state index contributed by atoms with van der Waals surface area (Å²) in [5.74, 6) is 0.959. The molecule has 1 atom stereocenters. The minimum atomic E-state index is 0.319. The molecule has 0 aliphatic carbocycles. The summed E-state index contributed by atoms with van der Waals surface area (Å²) in [7, 11) is 4.19. The summed E-state index contributed by atoms with van der Waals surface area (Å²) in [6.07, 6.45) is 1.89. The monoisotopic (exact) mass is 258 g/mol. The van der Waals surface area contributed by atoms with Gasteiger partial charge >= 0.3 is 0 Å². The Kier molecular flexibility index (Phi) is 4.71. The largest absolute Gasteiger partial charge is 0.345 e. The molecule has 0 saturated heterocycles. The number of aromatic amines is 1. The molecule has 2 N–H and O–H groups in total. The number of hydrogen-bond acceptors (Lipinski definition) is 3. The Morgan fingerprint density at radius 2 is 2.00 bits per heavy atom. The van der Waals surface area contributed by atoms with E-state index in [1.54, 1.807) is 0 Å². The Morgan fingerprint density at radius 3 is 2.58 bits per heavy atom. The van der Waals surface area contributed by atoms with Gasteiger partial charge in [-0.3, -0.25) is 0 Å². The smallest absolute Gasteiger partial charge is 0.103 e. The number of H-pyrrole nitrogens is 1. The quantitative estimate of drug-likeness (QED) is 0.834. The number of likely N-dealkylation sites (N-methyl/N-ethyl adjacent to an activating group) is 1. The van der Waals surface area contributed by atoms with Crippen molar-refractivity contribution in [3.8, 4) is 0 Å². The van der Waals surface area contributed by atoms with Crippen LogP contribution in [0.25, 0.3) is 0 Å². The van der Waals surface area contributed by atoms with Crippen LogP contribution in [0.2, 0.25) is 0 Å². The van der Waals surface area contributed by atoms with Gasteiger partial charge in [0.15, 0.2) is 0 Å². The van der Waals surface area contributed by atoms with E-state index in [0.29, 0.717) is 6.04 Å². The molecule has 0 bridgehead atoms. The number of nitrogens with zero attached hydrogens (tertiary/aromatic N) is 2.